The zero-order valence-corrected chi connectivity index (χ0v) is 10.3. The number of hydrogen-bond acceptors (Lipinski definition) is 2. The standard InChI is InChI=1S/C15H21NO/c17-15-7-3-6-14(15)11-16-9-8-12-4-1-2-5-13(12)10-16/h1-2,4-5,14-15,17H,3,6-11H2. The first-order valence-electron chi connectivity index (χ1n) is 6.80. The van der Waals surface area contributed by atoms with Crippen LogP contribution in [0.2, 0.25) is 0 Å². The van der Waals surface area contributed by atoms with Gasteiger partial charge in [0.1, 0.15) is 0 Å². The molecule has 2 aliphatic rings. The summed E-state index contributed by atoms with van der Waals surface area (Å²) < 4.78 is 0. The van der Waals surface area contributed by atoms with Gasteiger partial charge in [-0.1, -0.05) is 30.7 Å². The second kappa shape index (κ2) is 4.79. The van der Waals surface area contributed by atoms with Crippen LogP contribution < -0.4 is 0 Å². The Kier molecular flexibility index (Phi) is 3.17. The summed E-state index contributed by atoms with van der Waals surface area (Å²) in [5.41, 5.74) is 2.99. The molecule has 0 aromatic heterocycles. The molecule has 0 amide bonds. The third-order valence-corrected chi connectivity index (χ3v) is 4.32. The zero-order valence-electron chi connectivity index (χ0n) is 10.3. The minimum atomic E-state index is -0.0489. The smallest absolute Gasteiger partial charge is 0.0580 e. The molecular formula is C15H21NO. The molecule has 1 heterocycles. The summed E-state index contributed by atoms with van der Waals surface area (Å²) >= 11 is 0. The van der Waals surface area contributed by atoms with Crippen LogP contribution in [0.1, 0.15) is 30.4 Å². The van der Waals surface area contributed by atoms with Gasteiger partial charge in [0.25, 0.3) is 0 Å². The topological polar surface area (TPSA) is 23.5 Å². The Labute approximate surface area is 103 Å². The minimum absolute atomic E-state index is 0.0489. The van der Waals surface area contributed by atoms with Crippen molar-refractivity contribution < 1.29 is 5.11 Å². The number of fused-ring (bicyclic) bond motifs is 1. The summed E-state index contributed by atoms with van der Waals surface area (Å²) in [6, 6.07) is 8.76. The molecule has 92 valence electrons. The monoisotopic (exact) mass is 231 g/mol. The van der Waals surface area contributed by atoms with Crippen molar-refractivity contribution in [2.45, 2.75) is 38.3 Å². The van der Waals surface area contributed by atoms with E-state index in [1.54, 1.807) is 0 Å². The number of aliphatic hydroxyl groups is 1. The molecule has 0 spiro atoms. The third-order valence-electron chi connectivity index (χ3n) is 4.32. The van der Waals surface area contributed by atoms with Crippen molar-refractivity contribution in [3.63, 3.8) is 0 Å². The van der Waals surface area contributed by atoms with Crippen molar-refractivity contribution in [3.05, 3.63) is 35.4 Å². The van der Waals surface area contributed by atoms with E-state index in [1.807, 2.05) is 0 Å². The summed E-state index contributed by atoms with van der Waals surface area (Å²) in [5, 5.41) is 9.89. The highest BCUT2D eigenvalue weighted by Gasteiger charge is 2.28. The van der Waals surface area contributed by atoms with E-state index in [9.17, 15) is 5.11 Å². The molecule has 0 radical (unpaired) electrons. The molecule has 1 aromatic carbocycles. The van der Waals surface area contributed by atoms with Crippen LogP contribution in [0.15, 0.2) is 24.3 Å². The van der Waals surface area contributed by atoms with Gasteiger partial charge in [-0.25, -0.2) is 0 Å². The SMILES string of the molecule is OC1CCCC1CN1CCc2ccccc2C1. The van der Waals surface area contributed by atoms with Crippen LogP contribution in [-0.4, -0.2) is 29.2 Å². The predicted octanol–water partition coefficient (Wildman–Crippen LogP) is 2.21. The molecule has 17 heavy (non-hydrogen) atoms. The predicted molar refractivity (Wildman–Crippen MR) is 68.8 cm³/mol. The highest BCUT2D eigenvalue weighted by atomic mass is 16.3. The molecule has 2 atom stereocenters. The fourth-order valence-electron chi connectivity index (χ4n) is 3.27. The highest BCUT2D eigenvalue weighted by Crippen LogP contribution is 2.28. The van der Waals surface area contributed by atoms with Crippen molar-refractivity contribution in [1.82, 2.24) is 4.90 Å². The number of nitrogens with zero attached hydrogens (tertiary/aromatic N) is 1. The maximum atomic E-state index is 9.89. The molecule has 1 aliphatic carbocycles. The lowest BCUT2D eigenvalue weighted by Crippen LogP contribution is -2.36. The fraction of sp³-hybridized carbons (Fsp3) is 0.600. The van der Waals surface area contributed by atoms with Gasteiger partial charge in [-0.15, -0.1) is 0 Å². The summed E-state index contributed by atoms with van der Waals surface area (Å²) in [4.78, 5) is 2.52. The number of rotatable bonds is 2. The first-order valence-corrected chi connectivity index (χ1v) is 6.80. The van der Waals surface area contributed by atoms with Gasteiger partial charge in [0.15, 0.2) is 0 Å². The van der Waals surface area contributed by atoms with Crippen LogP contribution in [0.25, 0.3) is 0 Å². The lowest BCUT2D eigenvalue weighted by molar-refractivity contribution is 0.0975. The van der Waals surface area contributed by atoms with Crippen LogP contribution in [0.5, 0.6) is 0 Å². The van der Waals surface area contributed by atoms with Crippen LogP contribution >= 0.6 is 0 Å². The van der Waals surface area contributed by atoms with Crippen molar-refractivity contribution in [2.75, 3.05) is 13.1 Å². The van der Waals surface area contributed by atoms with Gasteiger partial charge in [-0.2, -0.15) is 0 Å². The average Bonchev–Trinajstić information content (AvgIpc) is 2.75. The first kappa shape index (κ1) is 11.2. The van der Waals surface area contributed by atoms with Crippen LogP contribution in [0.4, 0.5) is 0 Å². The van der Waals surface area contributed by atoms with Gasteiger partial charge < -0.3 is 5.11 Å². The summed E-state index contributed by atoms with van der Waals surface area (Å²) in [6.07, 6.45) is 4.54. The van der Waals surface area contributed by atoms with E-state index in [0.29, 0.717) is 5.92 Å². The van der Waals surface area contributed by atoms with Crippen LogP contribution in [0, 0.1) is 5.92 Å². The van der Waals surface area contributed by atoms with Gasteiger partial charge >= 0.3 is 0 Å². The van der Waals surface area contributed by atoms with E-state index in [4.69, 9.17) is 0 Å². The molecule has 1 aliphatic heterocycles. The van der Waals surface area contributed by atoms with Crippen molar-refractivity contribution >= 4 is 0 Å². The largest absolute Gasteiger partial charge is 0.393 e. The van der Waals surface area contributed by atoms with Gasteiger partial charge in [-0.05, 0) is 36.3 Å². The number of benzene rings is 1. The summed E-state index contributed by atoms with van der Waals surface area (Å²) in [5.74, 6) is 0.514. The molecule has 3 rings (SSSR count). The Morgan fingerprint density at radius 1 is 1.18 bits per heavy atom. The molecule has 2 nitrogen and oxygen atoms in total. The Hall–Kier alpha value is -0.860. The molecule has 1 aromatic rings. The Morgan fingerprint density at radius 3 is 2.76 bits per heavy atom. The quantitative estimate of drug-likeness (QED) is 0.843. The zero-order chi connectivity index (χ0) is 11.7. The summed E-state index contributed by atoms with van der Waals surface area (Å²) in [6.45, 7) is 3.30. The molecule has 2 heteroatoms. The molecule has 0 bridgehead atoms. The summed E-state index contributed by atoms with van der Waals surface area (Å²) in [7, 11) is 0. The Balaban J connectivity index is 1.64. The minimum Gasteiger partial charge on any atom is -0.393 e. The van der Waals surface area contributed by atoms with E-state index in [1.165, 1.54) is 30.4 Å². The fourth-order valence-corrected chi connectivity index (χ4v) is 3.27. The van der Waals surface area contributed by atoms with E-state index in [2.05, 4.69) is 29.2 Å². The normalized spacial score (nSPS) is 29.2. The number of hydrogen-bond donors (Lipinski definition) is 1. The van der Waals surface area contributed by atoms with E-state index >= 15 is 0 Å². The second-order valence-corrected chi connectivity index (χ2v) is 5.51. The Bertz CT molecular complexity index is 390. The van der Waals surface area contributed by atoms with Gasteiger partial charge in [0, 0.05) is 19.6 Å². The highest BCUT2D eigenvalue weighted by molar-refractivity contribution is 5.29. The second-order valence-electron chi connectivity index (χ2n) is 5.51. The molecule has 2 unspecified atom stereocenters. The Morgan fingerprint density at radius 2 is 2.00 bits per heavy atom. The lowest BCUT2D eigenvalue weighted by atomic mass is 9.98. The van der Waals surface area contributed by atoms with Crippen LogP contribution in [0.3, 0.4) is 0 Å². The van der Waals surface area contributed by atoms with Gasteiger partial charge in [0.2, 0.25) is 0 Å². The average molecular weight is 231 g/mol. The van der Waals surface area contributed by atoms with E-state index in [-0.39, 0.29) is 6.10 Å². The third kappa shape index (κ3) is 2.38. The van der Waals surface area contributed by atoms with Crippen LogP contribution in [-0.2, 0) is 13.0 Å². The molecule has 1 fully saturated rings. The van der Waals surface area contributed by atoms with E-state index in [0.717, 1.165) is 26.1 Å². The van der Waals surface area contributed by atoms with Gasteiger partial charge in [-0.3, -0.25) is 4.90 Å². The van der Waals surface area contributed by atoms with Crippen molar-refractivity contribution in [1.29, 1.82) is 0 Å². The molecule has 1 saturated carbocycles. The van der Waals surface area contributed by atoms with Crippen molar-refractivity contribution in [3.8, 4) is 0 Å². The maximum absolute atomic E-state index is 9.89. The molecular weight excluding hydrogens is 210 g/mol. The number of aliphatic hydroxyl groups excluding tert-OH is 1. The molecule has 0 saturated heterocycles. The van der Waals surface area contributed by atoms with E-state index < -0.39 is 0 Å². The molecule has 1 N–H and O–H groups in total. The van der Waals surface area contributed by atoms with Gasteiger partial charge in [0.05, 0.1) is 6.10 Å². The lowest BCUT2D eigenvalue weighted by Gasteiger charge is -2.31. The van der Waals surface area contributed by atoms with Crippen molar-refractivity contribution in [2.24, 2.45) is 5.92 Å². The maximum Gasteiger partial charge on any atom is 0.0580 e. The first-order chi connectivity index (χ1) is 8.33.